The van der Waals surface area contributed by atoms with Gasteiger partial charge < -0.3 is 5.11 Å². The Morgan fingerprint density at radius 2 is 1.55 bits per heavy atom. The number of hydrogen-bond acceptors (Lipinski definition) is 1. The third-order valence-corrected chi connectivity index (χ3v) is 3.47. The minimum Gasteiger partial charge on any atom is -0.384 e. The van der Waals surface area contributed by atoms with Gasteiger partial charge in [0.25, 0.3) is 0 Å². The molecule has 0 radical (unpaired) electrons. The molecule has 0 aromatic heterocycles. The van der Waals surface area contributed by atoms with Crippen molar-refractivity contribution in [3.8, 4) is 0 Å². The Morgan fingerprint density at radius 3 is 2.05 bits per heavy atom. The second-order valence-corrected chi connectivity index (χ2v) is 4.94. The molecule has 0 saturated heterocycles. The van der Waals surface area contributed by atoms with Gasteiger partial charge >= 0.3 is 6.18 Å². The van der Waals surface area contributed by atoms with Gasteiger partial charge in [0.05, 0.1) is 5.56 Å². The number of aliphatic hydroxyl groups excluding tert-OH is 1. The van der Waals surface area contributed by atoms with Crippen LogP contribution >= 0.6 is 11.6 Å². The summed E-state index contributed by atoms with van der Waals surface area (Å²) in [6.07, 6.45) is -5.38. The van der Waals surface area contributed by atoms with E-state index in [9.17, 15) is 18.3 Å². The maximum atomic E-state index is 12.5. The largest absolute Gasteiger partial charge is 0.416 e. The van der Waals surface area contributed by atoms with Crippen LogP contribution < -0.4 is 0 Å². The molecule has 5 heteroatoms. The lowest BCUT2D eigenvalue weighted by Crippen LogP contribution is -2.06. The lowest BCUT2D eigenvalue weighted by molar-refractivity contribution is -0.137. The van der Waals surface area contributed by atoms with Crippen LogP contribution in [0.3, 0.4) is 0 Å². The van der Waals surface area contributed by atoms with Crippen LogP contribution in [0.25, 0.3) is 0 Å². The standard InChI is InChI=1S/C15H12ClF3O/c1-9-2-3-11(8-13(9)16)14(20)10-4-6-12(7-5-10)15(17,18)19/h2-8,14,20H,1H3. The molecule has 0 heterocycles. The minimum absolute atomic E-state index is 0.387. The first kappa shape index (κ1) is 14.9. The predicted molar refractivity (Wildman–Crippen MR) is 71.7 cm³/mol. The first-order valence-corrected chi connectivity index (χ1v) is 6.28. The Kier molecular flexibility index (Phi) is 4.06. The van der Waals surface area contributed by atoms with Gasteiger partial charge in [0.1, 0.15) is 6.10 Å². The van der Waals surface area contributed by atoms with Crippen molar-refractivity contribution >= 4 is 11.6 Å². The summed E-state index contributed by atoms with van der Waals surface area (Å²) < 4.78 is 37.4. The molecular formula is C15H12ClF3O. The number of halogens is 4. The van der Waals surface area contributed by atoms with Gasteiger partial charge in [0.15, 0.2) is 0 Å². The highest BCUT2D eigenvalue weighted by atomic mass is 35.5. The third-order valence-electron chi connectivity index (χ3n) is 3.07. The smallest absolute Gasteiger partial charge is 0.384 e. The molecule has 2 aromatic carbocycles. The number of hydrogen-bond donors (Lipinski definition) is 1. The zero-order valence-electron chi connectivity index (χ0n) is 10.6. The van der Waals surface area contributed by atoms with Crippen LogP contribution in [0.4, 0.5) is 13.2 Å². The Bertz CT molecular complexity index is 606. The minimum atomic E-state index is -4.38. The number of rotatable bonds is 2. The molecule has 0 aliphatic rings. The quantitative estimate of drug-likeness (QED) is 0.848. The number of benzene rings is 2. The first-order valence-electron chi connectivity index (χ1n) is 5.90. The Balaban J connectivity index is 2.29. The van der Waals surface area contributed by atoms with Crippen LogP contribution in [0.1, 0.15) is 28.4 Å². The Morgan fingerprint density at radius 1 is 1.00 bits per heavy atom. The summed E-state index contributed by atoms with van der Waals surface area (Å²) in [6, 6.07) is 9.50. The molecule has 0 aliphatic carbocycles. The molecular weight excluding hydrogens is 289 g/mol. The summed E-state index contributed by atoms with van der Waals surface area (Å²) in [6.45, 7) is 1.83. The van der Waals surface area contributed by atoms with Gasteiger partial charge in [-0.2, -0.15) is 13.2 Å². The van der Waals surface area contributed by atoms with E-state index in [1.807, 2.05) is 6.92 Å². The van der Waals surface area contributed by atoms with E-state index < -0.39 is 17.8 Å². The fourth-order valence-electron chi connectivity index (χ4n) is 1.83. The van der Waals surface area contributed by atoms with E-state index in [0.717, 1.165) is 17.7 Å². The molecule has 0 fully saturated rings. The molecule has 1 unspecified atom stereocenters. The van der Waals surface area contributed by atoms with E-state index >= 15 is 0 Å². The van der Waals surface area contributed by atoms with Gasteiger partial charge in [-0.3, -0.25) is 0 Å². The van der Waals surface area contributed by atoms with Crippen LogP contribution in [0.5, 0.6) is 0 Å². The Hall–Kier alpha value is -1.52. The molecule has 2 rings (SSSR count). The van der Waals surface area contributed by atoms with Crippen LogP contribution in [-0.4, -0.2) is 5.11 Å². The van der Waals surface area contributed by atoms with Crippen molar-refractivity contribution in [2.75, 3.05) is 0 Å². The highest BCUT2D eigenvalue weighted by Crippen LogP contribution is 2.31. The van der Waals surface area contributed by atoms with E-state index in [1.165, 1.54) is 12.1 Å². The van der Waals surface area contributed by atoms with Crippen molar-refractivity contribution in [3.63, 3.8) is 0 Å². The number of aliphatic hydroxyl groups is 1. The van der Waals surface area contributed by atoms with Gasteiger partial charge in [-0.25, -0.2) is 0 Å². The highest BCUT2D eigenvalue weighted by Gasteiger charge is 2.30. The zero-order valence-corrected chi connectivity index (χ0v) is 11.3. The van der Waals surface area contributed by atoms with Crippen molar-refractivity contribution < 1.29 is 18.3 Å². The van der Waals surface area contributed by atoms with Crippen LogP contribution in [0.15, 0.2) is 42.5 Å². The summed E-state index contributed by atoms with van der Waals surface area (Å²) in [5, 5.41) is 10.7. The average Bonchev–Trinajstić information content (AvgIpc) is 2.40. The van der Waals surface area contributed by atoms with E-state index in [0.29, 0.717) is 16.1 Å². The number of alkyl halides is 3. The molecule has 20 heavy (non-hydrogen) atoms. The average molecular weight is 301 g/mol. The fraction of sp³-hybridized carbons (Fsp3) is 0.200. The zero-order chi connectivity index (χ0) is 14.9. The summed E-state index contributed by atoms with van der Waals surface area (Å²) in [5.74, 6) is 0. The highest BCUT2D eigenvalue weighted by molar-refractivity contribution is 6.31. The Labute approximate surface area is 119 Å². The molecule has 1 atom stereocenters. The molecule has 0 saturated carbocycles. The SMILES string of the molecule is Cc1ccc(C(O)c2ccc(C(F)(F)F)cc2)cc1Cl. The second-order valence-electron chi connectivity index (χ2n) is 4.53. The van der Waals surface area contributed by atoms with E-state index in [4.69, 9.17) is 11.6 Å². The van der Waals surface area contributed by atoms with Gasteiger partial charge in [0, 0.05) is 5.02 Å². The van der Waals surface area contributed by atoms with Crippen molar-refractivity contribution in [2.45, 2.75) is 19.2 Å². The van der Waals surface area contributed by atoms with Crippen LogP contribution in [0.2, 0.25) is 5.02 Å². The molecule has 0 spiro atoms. The number of aryl methyl sites for hydroxylation is 1. The molecule has 106 valence electrons. The maximum Gasteiger partial charge on any atom is 0.416 e. The first-order chi connectivity index (χ1) is 9.29. The van der Waals surface area contributed by atoms with Crippen LogP contribution in [0, 0.1) is 6.92 Å². The van der Waals surface area contributed by atoms with E-state index in [2.05, 4.69) is 0 Å². The molecule has 1 nitrogen and oxygen atoms in total. The second kappa shape index (κ2) is 5.46. The van der Waals surface area contributed by atoms with Gasteiger partial charge in [-0.15, -0.1) is 0 Å². The van der Waals surface area contributed by atoms with Crippen molar-refractivity contribution in [2.24, 2.45) is 0 Å². The van der Waals surface area contributed by atoms with Crippen molar-refractivity contribution in [1.82, 2.24) is 0 Å². The molecule has 0 amide bonds. The van der Waals surface area contributed by atoms with Gasteiger partial charge in [0.2, 0.25) is 0 Å². The fourth-order valence-corrected chi connectivity index (χ4v) is 2.02. The monoisotopic (exact) mass is 300 g/mol. The lowest BCUT2D eigenvalue weighted by Gasteiger charge is -2.14. The maximum absolute atomic E-state index is 12.5. The van der Waals surface area contributed by atoms with Gasteiger partial charge in [-0.05, 0) is 41.8 Å². The molecule has 0 bridgehead atoms. The summed E-state index contributed by atoms with van der Waals surface area (Å²) in [4.78, 5) is 0. The van der Waals surface area contributed by atoms with E-state index in [-0.39, 0.29) is 0 Å². The van der Waals surface area contributed by atoms with Gasteiger partial charge in [-0.1, -0.05) is 35.9 Å². The van der Waals surface area contributed by atoms with E-state index in [1.54, 1.807) is 18.2 Å². The predicted octanol–water partition coefficient (Wildman–Crippen LogP) is 4.75. The molecule has 2 aromatic rings. The normalized spacial score (nSPS) is 13.3. The van der Waals surface area contributed by atoms with Crippen molar-refractivity contribution in [3.05, 3.63) is 69.7 Å². The molecule has 0 aliphatic heterocycles. The van der Waals surface area contributed by atoms with Crippen molar-refractivity contribution in [1.29, 1.82) is 0 Å². The van der Waals surface area contributed by atoms with Crippen LogP contribution in [-0.2, 0) is 6.18 Å². The summed E-state index contributed by atoms with van der Waals surface area (Å²) in [5.41, 5.74) is 1.06. The molecule has 1 N–H and O–H groups in total. The summed E-state index contributed by atoms with van der Waals surface area (Å²) >= 11 is 5.97. The third kappa shape index (κ3) is 3.14. The lowest BCUT2D eigenvalue weighted by atomic mass is 9.99. The summed E-state index contributed by atoms with van der Waals surface area (Å²) in [7, 11) is 0. The topological polar surface area (TPSA) is 20.2 Å².